The highest BCUT2D eigenvalue weighted by Gasteiger charge is 2.18. The van der Waals surface area contributed by atoms with Gasteiger partial charge in [0.15, 0.2) is 0 Å². The van der Waals surface area contributed by atoms with Crippen LogP contribution in [0, 0.1) is 0 Å². The zero-order chi connectivity index (χ0) is 22.1. The Morgan fingerprint density at radius 3 is 1.65 bits per heavy atom. The summed E-state index contributed by atoms with van der Waals surface area (Å²) in [5.41, 5.74) is 2.64. The smallest absolute Gasteiger partial charge is 0.133 e. The second-order valence-corrected chi connectivity index (χ2v) is 9.23. The number of hydrogen-bond acceptors (Lipinski definition) is 7. The van der Waals surface area contributed by atoms with Crippen LogP contribution in [0.5, 0.6) is 5.75 Å². The molecule has 0 amide bonds. The average molecular weight is 431 g/mol. The highest BCUT2D eigenvalue weighted by Crippen LogP contribution is 2.29. The number of phenolic OH excluding ortho intramolecular Hbond substituents is 1. The molecule has 1 N–H and O–H groups in total. The maximum absolute atomic E-state index is 10.8. The SMILES string of the molecule is CC(C)(C)c1cc(C=NCCN2CCOCC2)c(O)c(C=NCCN2CCOCC2)c1. The van der Waals surface area contributed by atoms with Crippen LogP contribution in [0.25, 0.3) is 0 Å². The fraction of sp³-hybridized carbons (Fsp3) is 0.667. The van der Waals surface area contributed by atoms with Gasteiger partial charge in [0.2, 0.25) is 0 Å². The monoisotopic (exact) mass is 430 g/mol. The van der Waals surface area contributed by atoms with Crippen LogP contribution in [0.1, 0.15) is 37.5 Å². The van der Waals surface area contributed by atoms with Crippen molar-refractivity contribution in [3.63, 3.8) is 0 Å². The van der Waals surface area contributed by atoms with Crippen LogP contribution in [-0.2, 0) is 14.9 Å². The van der Waals surface area contributed by atoms with Crippen molar-refractivity contribution in [1.82, 2.24) is 9.80 Å². The van der Waals surface area contributed by atoms with E-state index in [1.807, 2.05) is 12.1 Å². The number of nitrogens with zero attached hydrogens (tertiary/aromatic N) is 4. The minimum Gasteiger partial charge on any atom is -0.507 e. The number of aromatic hydroxyl groups is 1. The molecule has 1 aromatic carbocycles. The van der Waals surface area contributed by atoms with Gasteiger partial charge in [-0.25, -0.2) is 0 Å². The molecule has 2 saturated heterocycles. The zero-order valence-corrected chi connectivity index (χ0v) is 19.3. The Labute approximate surface area is 186 Å². The van der Waals surface area contributed by atoms with Crippen molar-refractivity contribution < 1.29 is 14.6 Å². The molecule has 0 aromatic heterocycles. The van der Waals surface area contributed by atoms with Crippen LogP contribution in [-0.4, -0.2) is 106 Å². The maximum atomic E-state index is 10.8. The van der Waals surface area contributed by atoms with Gasteiger partial charge >= 0.3 is 0 Å². The molecule has 2 aliphatic rings. The third-order valence-electron chi connectivity index (χ3n) is 5.79. The van der Waals surface area contributed by atoms with Crippen molar-refractivity contribution in [1.29, 1.82) is 0 Å². The molecule has 1 aromatic rings. The van der Waals surface area contributed by atoms with Gasteiger partial charge in [-0.1, -0.05) is 20.8 Å². The molecule has 0 saturated carbocycles. The summed E-state index contributed by atoms with van der Waals surface area (Å²) in [6.45, 7) is 16.8. The predicted molar refractivity (Wildman–Crippen MR) is 126 cm³/mol. The van der Waals surface area contributed by atoms with E-state index in [1.54, 1.807) is 12.4 Å². The Kier molecular flexibility index (Phi) is 9.02. The van der Waals surface area contributed by atoms with Crippen LogP contribution < -0.4 is 0 Å². The highest BCUT2D eigenvalue weighted by atomic mass is 16.5. The van der Waals surface area contributed by atoms with Crippen LogP contribution in [0.2, 0.25) is 0 Å². The summed E-state index contributed by atoms with van der Waals surface area (Å²) >= 11 is 0. The Hall–Kier alpha value is -1.80. The van der Waals surface area contributed by atoms with Crippen molar-refractivity contribution in [2.45, 2.75) is 26.2 Å². The fourth-order valence-electron chi connectivity index (χ4n) is 3.68. The van der Waals surface area contributed by atoms with Gasteiger partial charge in [0.25, 0.3) is 0 Å². The molecule has 2 fully saturated rings. The Balaban J connectivity index is 1.64. The van der Waals surface area contributed by atoms with E-state index < -0.39 is 0 Å². The fourth-order valence-corrected chi connectivity index (χ4v) is 3.68. The topological polar surface area (TPSA) is 69.9 Å². The quantitative estimate of drug-likeness (QED) is 0.641. The van der Waals surface area contributed by atoms with E-state index >= 15 is 0 Å². The lowest BCUT2D eigenvalue weighted by molar-refractivity contribution is 0.0394. The number of aliphatic imine (C=N–C) groups is 2. The highest BCUT2D eigenvalue weighted by molar-refractivity contribution is 5.92. The van der Waals surface area contributed by atoms with Gasteiger partial charge < -0.3 is 14.6 Å². The van der Waals surface area contributed by atoms with Crippen LogP contribution in [0.4, 0.5) is 0 Å². The number of benzene rings is 1. The molecule has 0 radical (unpaired) electrons. The van der Waals surface area contributed by atoms with Gasteiger partial charge in [-0.15, -0.1) is 0 Å². The second-order valence-electron chi connectivity index (χ2n) is 9.23. The van der Waals surface area contributed by atoms with Crippen LogP contribution in [0.15, 0.2) is 22.1 Å². The van der Waals surface area contributed by atoms with Crippen molar-refractivity contribution in [3.8, 4) is 5.75 Å². The molecule has 7 nitrogen and oxygen atoms in total. The van der Waals surface area contributed by atoms with E-state index in [0.717, 1.165) is 82.4 Å². The molecular weight excluding hydrogens is 392 g/mol. The van der Waals surface area contributed by atoms with E-state index in [9.17, 15) is 5.11 Å². The van der Waals surface area contributed by atoms with E-state index in [0.29, 0.717) is 13.1 Å². The van der Waals surface area contributed by atoms with E-state index in [-0.39, 0.29) is 11.2 Å². The van der Waals surface area contributed by atoms with Crippen molar-refractivity contribution in [2.24, 2.45) is 9.98 Å². The normalized spacial score (nSPS) is 19.6. The second kappa shape index (κ2) is 11.7. The first-order valence-corrected chi connectivity index (χ1v) is 11.4. The minimum atomic E-state index is -0.0273. The van der Waals surface area contributed by atoms with Crippen molar-refractivity contribution in [3.05, 3.63) is 28.8 Å². The predicted octanol–water partition coefficient (Wildman–Crippen LogP) is 2.19. The third kappa shape index (κ3) is 7.68. The summed E-state index contributed by atoms with van der Waals surface area (Å²) in [5, 5.41) is 10.8. The van der Waals surface area contributed by atoms with Gasteiger partial charge in [0.05, 0.1) is 39.5 Å². The lowest BCUT2D eigenvalue weighted by Crippen LogP contribution is -2.37. The van der Waals surface area contributed by atoms with Crippen LogP contribution >= 0.6 is 0 Å². The standard InChI is InChI=1S/C24H38N4O3/c1-24(2,3)22-16-20(18-25-4-6-27-8-12-30-13-9-27)23(29)21(17-22)19-26-5-7-28-10-14-31-15-11-28/h16-19,29H,4-15H2,1-3H3. The Bertz CT molecular complexity index is 693. The summed E-state index contributed by atoms with van der Waals surface area (Å²) in [7, 11) is 0. The average Bonchev–Trinajstić information content (AvgIpc) is 2.76. The number of phenols is 1. The molecular formula is C24H38N4O3. The molecule has 0 spiro atoms. The lowest BCUT2D eigenvalue weighted by atomic mass is 9.85. The van der Waals surface area contributed by atoms with Gasteiger partial charge in [-0.05, 0) is 23.1 Å². The number of morpholine rings is 2. The first-order valence-electron chi connectivity index (χ1n) is 11.4. The first kappa shape index (κ1) is 23.9. The molecule has 2 aliphatic heterocycles. The number of hydrogen-bond donors (Lipinski definition) is 1. The molecule has 0 bridgehead atoms. The molecule has 172 valence electrons. The zero-order valence-electron chi connectivity index (χ0n) is 19.3. The van der Waals surface area contributed by atoms with Crippen molar-refractivity contribution in [2.75, 3.05) is 78.8 Å². The molecule has 2 heterocycles. The maximum Gasteiger partial charge on any atom is 0.133 e. The molecule has 0 unspecified atom stereocenters. The van der Waals surface area contributed by atoms with E-state index in [1.165, 1.54) is 0 Å². The Morgan fingerprint density at radius 1 is 0.839 bits per heavy atom. The first-order chi connectivity index (χ1) is 14.9. The number of ether oxygens (including phenoxy) is 2. The molecule has 31 heavy (non-hydrogen) atoms. The molecule has 0 atom stereocenters. The van der Waals surface area contributed by atoms with Crippen molar-refractivity contribution >= 4 is 12.4 Å². The molecule has 0 aliphatic carbocycles. The summed E-state index contributed by atoms with van der Waals surface area (Å²) in [6.07, 6.45) is 3.60. The van der Waals surface area contributed by atoms with Crippen LogP contribution in [0.3, 0.4) is 0 Å². The van der Waals surface area contributed by atoms with E-state index in [2.05, 4.69) is 40.6 Å². The van der Waals surface area contributed by atoms with E-state index in [4.69, 9.17) is 9.47 Å². The summed E-state index contributed by atoms with van der Waals surface area (Å²) in [5.74, 6) is 0.248. The minimum absolute atomic E-state index is 0.0273. The summed E-state index contributed by atoms with van der Waals surface area (Å²) in [6, 6.07) is 4.08. The largest absolute Gasteiger partial charge is 0.507 e. The van der Waals surface area contributed by atoms with Gasteiger partial charge in [-0.3, -0.25) is 19.8 Å². The number of rotatable bonds is 8. The Morgan fingerprint density at radius 2 is 1.26 bits per heavy atom. The van der Waals surface area contributed by atoms with Gasteiger partial charge in [0.1, 0.15) is 5.75 Å². The summed E-state index contributed by atoms with van der Waals surface area (Å²) in [4.78, 5) is 13.9. The molecule has 3 rings (SSSR count). The summed E-state index contributed by atoms with van der Waals surface area (Å²) < 4.78 is 10.8. The third-order valence-corrected chi connectivity index (χ3v) is 5.79. The molecule has 7 heteroatoms. The lowest BCUT2D eigenvalue weighted by Gasteiger charge is -2.25. The van der Waals surface area contributed by atoms with Gasteiger partial charge in [0, 0.05) is 62.8 Å². The van der Waals surface area contributed by atoms with Gasteiger partial charge in [-0.2, -0.15) is 0 Å².